The molecule has 0 bridgehead atoms. The van der Waals surface area contributed by atoms with Gasteiger partial charge >= 0.3 is 11.9 Å². The lowest BCUT2D eigenvalue weighted by atomic mass is 10.0. The van der Waals surface area contributed by atoms with E-state index in [2.05, 4.69) is 5.32 Å². The molecule has 0 heterocycles. The van der Waals surface area contributed by atoms with Gasteiger partial charge in [-0.15, -0.1) is 0 Å². The molecule has 0 saturated carbocycles. The van der Waals surface area contributed by atoms with Crippen LogP contribution in [0.2, 0.25) is 0 Å². The molecule has 2 N–H and O–H groups in total. The number of fused-ring (bicyclic) bond motifs is 1. The molecule has 2 aromatic rings. The van der Waals surface area contributed by atoms with Crippen molar-refractivity contribution in [1.82, 2.24) is 0 Å². The Labute approximate surface area is 182 Å². The summed E-state index contributed by atoms with van der Waals surface area (Å²) in [6, 6.07) is 5.93. The highest BCUT2D eigenvalue weighted by Crippen LogP contribution is 2.40. The number of phenols is 1. The molecule has 0 saturated heterocycles. The summed E-state index contributed by atoms with van der Waals surface area (Å²) in [5, 5.41) is 12.7. The van der Waals surface area contributed by atoms with Gasteiger partial charge in [0.2, 0.25) is 9.84 Å². The summed E-state index contributed by atoms with van der Waals surface area (Å²) in [7, 11) is -3.85. The molecule has 31 heavy (non-hydrogen) atoms. The SMILES string of the molecule is CCOC(=O)C(=O)Nc1cc(C)c(S(=O)(=O)c2ccc(O)c(C(C)C)c2)c2c1CCC2. The Kier molecular flexibility index (Phi) is 6.40. The van der Waals surface area contributed by atoms with Gasteiger partial charge in [-0.25, -0.2) is 13.2 Å². The number of esters is 1. The van der Waals surface area contributed by atoms with Crippen molar-refractivity contribution in [3.05, 3.63) is 46.5 Å². The van der Waals surface area contributed by atoms with Gasteiger partial charge in [-0.2, -0.15) is 0 Å². The van der Waals surface area contributed by atoms with Crippen LogP contribution in [0.3, 0.4) is 0 Å². The highest BCUT2D eigenvalue weighted by Gasteiger charge is 2.31. The lowest BCUT2D eigenvalue weighted by Crippen LogP contribution is -2.25. The largest absolute Gasteiger partial charge is 0.508 e. The van der Waals surface area contributed by atoms with E-state index in [1.807, 2.05) is 13.8 Å². The number of aromatic hydroxyl groups is 1. The van der Waals surface area contributed by atoms with Crippen LogP contribution in [0, 0.1) is 6.92 Å². The molecule has 1 aliphatic carbocycles. The molecule has 2 aromatic carbocycles. The Morgan fingerprint density at radius 3 is 2.48 bits per heavy atom. The molecule has 7 nitrogen and oxygen atoms in total. The standard InChI is InChI=1S/C23H27NO6S/c1-5-30-23(27)22(26)24-19-11-14(4)21(17-8-6-7-16(17)19)31(28,29)15-9-10-20(25)18(12-15)13(2)3/h9-13,25H,5-8H2,1-4H3,(H,24,26). The summed E-state index contributed by atoms with van der Waals surface area (Å²) in [6.45, 7) is 7.15. The van der Waals surface area contributed by atoms with Gasteiger partial charge in [0.15, 0.2) is 0 Å². The maximum atomic E-state index is 13.6. The average Bonchev–Trinajstić information content (AvgIpc) is 3.17. The Morgan fingerprint density at radius 2 is 1.84 bits per heavy atom. The number of carbonyl (C=O) groups excluding carboxylic acids is 2. The molecule has 3 rings (SSSR count). The maximum absolute atomic E-state index is 13.6. The summed E-state index contributed by atoms with van der Waals surface area (Å²) in [6.07, 6.45) is 1.91. The highest BCUT2D eigenvalue weighted by atomic mass is 32.2. The Morgan fingerprint density at radius 1 is 1.16 bits per heavy atom. The topological polar surface area (TPSA) is 110 Å². The maximum Gasteiger partial charge on any atom is 0.397 e. The van der Waals surface area contributed by atoms with E-state index in [1.165, 1.54) is 18.2 Å². The van der Waals surface area contributed by atoms with E-state index < -0.39 is 21.7 Å². The van der Waals surface area contributed by atoms with E-state index in [0.717, 1.165) is 12.0 Å². The molecular weight excluding hydrogens is 418 g/mol. The number of hydrogen-bond donors (Lipinski definition) is 2. The van der Waals surface area contributed by atoms with E-state index in [0.29, 0.717) is 35.2 Å². The molecule has 0 radical (unpaired) electrons. The number of rotatable bonds is 5. The van der Waals surface area contributed by atoms with Crippen LogP contribution >= 0.6 is 0 Å². The minimum absolute atomic E-state index is 0.0394. The van der Waals surface area contributed by atoms with Crippen molar-refractivity contribution < 1.29 is 27.9 Å². The summed E-state index contributed by atoms with van der Waals surface area (Å²) in [5.74, 6) is -1.84. The average molecular weight is 446 g/mol. The fourth-order valence-electron chi connectivity index (χ4n) is 4.03. The van der Waals surface area contributed by atoms with Crippen molar-refractivity contribution in [2.24, 2.45) is 0 Å². The minimum atomic E-state index is -3.85. The molecular formula is C23H27NO6S. The highest BCUT2D eigenvalue weighted by molar-refractivity contribution is 7.91. The smallest absolute Gasteiger partial charge is 0.397 e. The summed E-state index contributed by atoms with van der Waals surface area (Å²) >= 11 is 0. The lowest BCUT2D eigenvalue weighted by Gasteiger charge is -2.18. The van der Waals surface area contributed by atoms with Crippen LogP contribution in [0.5, 0.6) is 5.75 Å². The molecule has 1 aliphatic rings. The van der Waals surface area contributed by atoms with E-state index in [9.17, 15) is 23.1 Å². The van der Waals surface area contributed by atoms with Crippen molar-refractivity contribution in [2.45, 2.75) is 62.7 Å². The predicted octanol–water partition coefficient (Wildman–Crippen LogP) is 3.65. The van der Waals surface area contributed by atoms with Crippen molar-refractivity contribution in [3.8, 4) is 5.75 Å². The molecule has 0 aromatic heterocycles. The van der Waals surface area contributed by atoms with Gasteiger partial charge in [-0.3, -0.25) is 4.79 Å². The number of anilines is 1. The Balaban J connectivity index is 2.09. The Hall–Kier alpha value is -2.87. The Bertz CT molecular complexity index is 1150. The molecule has 0 fully saturated rings. The number of aryl methyl sites for hydroxylation is 1. The number of nitrogens with one attached hydrogen (secondary N) is 1. The van der Waals surface area contributed by atoms with Crippen LogP contribution in [0.15, 0.2) is 34.1 Å². The van der Waals surface area contributed by atoms with Gasteiger partial charge < -0.3 is 15.2 Å². The van der Waals surface area contributed by atoms with Crippen LogP contribution in [-0.4, -0.2) is 32.0 Å². The van der Waals surface area contributed by atoms with Crippen molar-refractivity contribution >= 4 is 27.4 Å². The third-order valence-electron chi connectivity index (χ3n) is 5.45. The van der Waals surface area contributed by atoms with Gasteiger partial charge in [0.1, 0.15) is 5.75 Å². The number of hydrogen-bond acceptors (Lipinski definition) is 6. The number of amides is 1. The number of sulfone groups is 1. The van der Waals surface area contributed by atoms with Crippen LogP contribution < -0.4 is 5.32 Å². The van der Waals surface area contributed by atoms with Crippen molar-refractivity contribution in [3.63, 3.8) is 0 Å². The van der Waals surface area contributed by atoms with Crippen molar-refractivity contribution in [2.75, 3.05) is 11.9 Å². The fraction of sp³-hybridized carbons (Fsp3) is 0.391. The second-order valence-electron chi connectivity index (χ2n) is 7.93. The third-order valence-corrected chi connectivity index (χ3v) is 7.43. The first-order chi connectivity index (χ1) is 14.6. The first-order valence-corrected chi connectivity index (χ1v) is 11.8. The number of ether oxygens (including phenoxy) is 1. The van der Waals surface area contributed by atoms with E-state index in [4.69, 9.17) is 4.74 Å². The zero-order valence-electron chi connectivity index (χ0n) is 18.1. The van der Waals surface area contributed by atoms with Gasteiger partial charge in [0.25, 0.3) is 0 Å². The zero-order valence-corrected chi connectivity index (χ0v) is 18.9. The summed E-state index contributed by atoms with van der Waals surface area (Å²) in [5.41, 5.74) is 2.88. The molecule has 8 heteroatoms. The van der Waals surface area contributed by atoms with E-state index in [1.54, 1.807) is 19.9 Å². The van der Waals surface area contributed by atoms with Crippen LogP contribution in [0.25, 0.3) is 0 Å². The van der Waals surface area contributed by atoms with E-state index >= 15 is 0 Å². The number of benzene rings is 2. The van der Waals surface area contributed by atoms with Gasteiger partial charge in [-0.1, -0.05) is 13.8 Å². The zero-order chi connectivity index (χ0) is 22.9. The number of carbonyl (C=O) groups is 2. The molecule has 0 unspecified atom stereocenters. The fourth-order valence-corrected chi connectivity index (χ4v) is 5.83. The first kappa shape index (κ1) is 22.8. The quantitative estimate of drug-likeness (QED) is 0.537. The summed E-state index contributed by atoms with van der Waals surface area (Å²) < 4.78 is 31.9. The van der Waals surface area contributed by atoms with E-state index in [-0.39, 0.29) is 28.1 Å². The predicted molar refractivity (Wildman–Crippen MR) is 116 cm³/mol. The summed E-state index contributed by atoms with van der Waals surface area (Å²) in [4.78, 5) is 24.2. The minimum Gasteiger partial charge on any atom is -0.508 e. The van der Waals surface area contributed by atoms with Crippen LogP contribution in [-0.2, 0) is 37.0 Å². The third kappa shape index (κ3) is 4.30. The van der Waals surface area contributed by atoms with Crippen LogP contribution in [0.1, 0.15) is 55.4 Å². The second-order valence-corrected chi connectivity index (χ2v) is 9.82. The molecule has 0 aliphatic heterocycles. The monoisotopic (exact) mass is 445 g/mol. The van der Waals surface area contributed by atoms with Gasteiger partial charge in [-0.05, 0) is 85.5 Å². The van der Waals surface area contributed by atoms with Gasteiger partial charge in [0.05, 0.1) is 16.4 Å². The van der Waals surface area contributed by atoms with Crippen molar-refractivity contribution in [1.29, 1.82) is 0 Å². The first-order valence-electron chi connectivity index (χ1n) is 10.3. The number of phenolic OH excluding ortho intramolecular Hbond substituents is 1. The molecule has 166 valence electrons. The lowest BCUT2D eigenvalue weighted by molar-refractivity contribution is -0.152. The molecule has 0 atom stereocenters. The van der Waals surface area contributed by atoms with Crippen LogP contribution in [0.4, 0.5) is 5.69 Å². The molecule has 0 spiro atoms. The second kappa shape index (κ2) is 8.70. The molecule has 1 amide bonds. The normalized spacial score (nSPS) is 13.2. The van der Waals surface area contributed by atoms with Gasteiger partial charge in [0, 0.05) is 5.69 Å².